The summed E-state index contributed by atoms with van der Waals surface area (Å²) in [5.74, 6) is 0. The van der Waals surface area contributed by atoms with E-state index in [4.69, 9.17) is 11.6 Å². The number of hydrogen-bond donors (Lipinski definition) is 1. The van der Waals surface area contributed by atoms with Gasteiger partial charge in [-0.05, 0) is 26.7 Å². The number of aromatic nitrogens is 2. The summed E-state index contributed by atoms with van der Waals surface area (Å²) in [6.45, 7) is 6.58. The minimum atomic E-state index is 0.202. The van der Waals surface area contributed by atoms with Crippen molar-refractivity contribution in [2.24, 2.45) is 0 Å². The van der Waals surface area contributed by atoms with Gasteiger partial charge in [0.05, 0.1) is 23.0 Å². The Labute approximate surface area is 126 Å². The first-order valence-electron chi connectivity index (χ1n) is 7.74. The molecule has 4 nitrogen and oxygen atoms in total. The molecule has 0 amide bonds. The van der Waals surface area contributed by atoms with Crippen molar-refractivity contribution in [1.29, 1.82) is 0 Å². The standard InChI is InChI=1S/C15H26ClN3O/c1-3-19-14(15(16)12(2)17-19)11-18(9-10-20)13-7-5-4-6-8-13/h13,20H,3-11H2,1-2H3. The fourth-order valence-electron chi connectivity index (χ4n) is 3.18. The fraction of sp³-hybridized carbons (Fsp3) is 0.800. The van der Waals surface area contributed by atoms with Crippen molar-refractivity contribution in [2.45, 2.75) is 65.1 Å². The number of nitrogens with zero attached hydrogens (tertiary/aromatic N) is 3. The molecule has 0 unspecified atom stereocenters. The van der Waals surface area contributed by atoms with Crippen molar-refractivity contribution in [3.8, 4) is 0 Å². The van der Waals surface area contributed by atoms with Gasteiger partial charge in [-0.2, -0.15) is 5.10 Å². The summed E-state index contributed by atoms with van der Waals surface area (Å²) in [4.78, 5) is 2.38. The van der Waals surface area contributed by atoms with Gasteiger partial charge in [0.1, 0.15) is 0 Å². The number of aliphatic hydroxyl groups is 1. The maximum atomic E-state index is 9.35. The predicted molar refractivity (Wildman–Crippen MR) is 82.0 cm³/mol. The molecule has 0 saturated heterocycles. The quantitative estimate of drug-likeness (QED) is 0.878. The molecule has 20 heavy (non-hydrogen) atoms. The van der Waals surface area contributed by atoms with Gasteiger partial charge in [0.2, 0.25) is 0 Å². The third-order valence-electron chi connectivity index (χ3n) is 4.28. The predicted octanol–water partition coefficient (Wildman–Crippen LogP) is 2.99. The lowest BCUT2D eigenvalue weighted by Gasteiger charge is -2.34. The highest BCUT2D eigenvalue weighted by Crippen LogP contribution is 2.27. The molecule has 0 spiro atoms. The van der Waals surface area contributed by atoms with E-state index in [0.717, 1.165) is 36.0 Å². The van der Waals surface area contributed by atoms with Crippen LogP contribution in [0.1, 0.15) is 50.4 Å². The Bertz CT molecular complexity index is 427. The van der Waals surface area contributed by atoms with Crippen LogP contribution in [0.5, 0.6) is 0 Å². The summed E-state index contributed by atoms with van der Waals surface area (Å²) in [5.41, 5.74) is 1.99. The summed E-state index contributed by atoms with van der Waals surface area (Å²) < 4.78 is 1.99. The zero-order valence-corrected chi connectivity index (χ0v) is 13.4. The lowest BCUT2D eigenvalue weighted by molar-refractivity contribution is 0.114. The first-order chi connectivity index (χ1) is 9.67. The van der Waals surface area contributed by atoms with Crippen LogP contribution >= 0.6 is 11.6 Å². The number of aryl methyl sites for hydroxylation is 2. The molecular weight excluding hydrogens is 274 g/mol. The monoisotopic (exact) mass is 299 g/mol. The van der Waals surface area contributed by atoms with E-state index in [-0.39, 0.29) is 6.61 Å². The van der Waals surface area contributed by atoms with Crippen LogP contribution in [0, 0.1) is 6.92 Å². The van der Waals surface area contributed by atoms with Crippen LogP contribution < -0.4 is 0 Å². The molecule has 1 heterocycles. The molecular formula is C15H26ClN3O. The summed E-state index contributed by atoms with van der Waals surface area (Å²) in [6.07, 6.45) is 6.41. The van der Waals surface area contributed by atoms with E-state index >= 15 is 0 Å². The smallest absolute Gasteiger partial charge is 0.0860 e. The molecule has 0 aromatic carbocycles. The Morgan fingerprint density at radius 2 is 2.05 bits per heavy atom. The van der Waals surface area contributed by atoms with E-state index in [2.05, 4.69) is 16.9 Å². The Balaban J connectivity index is 2.14. The molecule has 1 saturated carbocycles. The fourth-order valence-corrected chi connectivity index (χ4v) is 3.37. The van der Waals surface area contributed by atoms with Crippen LogP contribution in [-0.4, -0.2) is 39.0 Å². The molecule has 114 valence electrons. The van der Waals surface area contributed by atoms with E-state index in [1.54, 1.807) is 0 Å². The number of rotatable bonds is 6. The highest BCUT2D eigenvalue weighted by Gasteiger charge is 2.23. The van der Waals surface area contributed by atoms with Crippen LogP contribution in [0.4, 0.5) is 0 Å². The maximum Gasteiger partial charge on any atom is 0.0860 e. The molecule has 0 atom stereocenters. The molecule has 5 heteroatoms. The maximum absolute atomic E-state index is 9.35. The van der Waals surface area contributed by atoms with Crippen LogP contribution in [0.25, 0.3) is 0 Å². The van der Waals surface area contributed by atoms with Crippen molar-refractivity contribution in [1.82, 2.24) is 14.7 Å². The molecule has 0 aliphatic heterocycles. The van der Waals surface area contributed by atoms with E-state index in [0.29, 0.717) is 6.04 Å². The molecule has 0 bridgehead atoms. The van der Waals surface area contributed by atoms with Crippen LogP contribution in [0.2, 0.25) is 5.02 Å². The van der Waals surface area contributed by atoms with Gasteiger partial charge < -0.3 is 5.11 Å². The highest BCUT2D eigenvalue weighted by molar-refractivity contribution is 6.31. The number of hydrogen-bond acceptors (Lipinski definition) is 3. The third-order valence-corrected chi connectivity index (χ3v) is 4.78. The zero-order chi connectivity index (χ0) is 14.5. The lowest BCUT2D eigenvalue weighted by Crippen LogP contribution is -2.38. The molecule has 1 N–H and O–H groups in total. The van der Waals surface area contributed by atoms with Crippen molar-refractivity contribution < 1.29 is 5.11 Å². The minimum absolute atomic E-state index is 0.202. The van der Waals surface area contributed by atoms with Gasteiger partial charge in [-0.3, -0.25) is 9.58 Å². The molecule has 1 aliphatic carbocycles. The van der Waals surface area contributed by atoms with Gasteiger partial charge in [0.25, 0.3) is 0 Å². The largest absolute Gasteiger partial charge is 0.395 e. The second kappa shape index (κ2) is 7.43. The lowest BCUT2D eigenvalue weighted by atomic mass is 9.94. The van der Waals surface area contributed by atoms with Crippen molar-refractivity contribution in [2.75, 3.05) is 13.2 Å². The van der Waals surface area contributed by atoms with Crippen LogP contribution in [-0.2, 0) is 13.1 Å². The average Bonchev–Trinajstić information content (AvgIpc) is 2.75. The zero-order valence-electron chi connectivity index (χ0n) is 12.6. The molecule has 0 radical (unpaired) electrons. The van der Waals surface area contributed by atoms with Crippen molar-refractivity contribution in [3.05, 3.63) is 16.4 Å². The van der Waals surface area contributed by atoms with Crippen molar-refractivity contribution >= 4 is 11.6 Å². The van der Waals surface area contributed by atoms with Gasteiger partial charge >= 0.3 is 0 Å². The number of halogens is 1. The van der Waals surface area contributed by atoms with Crippen LogP contribution in [0.3, 0.4) is 0 Å². The molecule has 1 aliphatic rings. The summed E-state index contributed by atoms with van der Waals surface area (Å²) in [5, 5.41) is 14.6. The third kappa shape index (κ3) is 3.54. The minimum Gasteiger partial charge on any atom is -0.395 e. The normalized spacial score (nSPS) is 17.1. The second-order valence-electron chi connectivity index (χ2n) is 5.65. The van der Waals surface area contributed by atoms with Gasteiger partial charge in [-0.15, -0.1) is 0 Å². The van der Waals surface area contributed by atoms with E-state index < -0.39 is 0 Å². The Kier molecular flexibility index (Phi) is 5.87. The van der Waals surface area contributed by atoms with Gasteiger partial charge in [-0.1, -0.05) is 30.9 Å². The SMILES string of the molecule is CCn1nc(C)c(Cl)c1CN(CCO)C1CCCCC1. The Morgan fingerprint density at radius 3 is 2.65 bits per heavy atom. The molecule has 2 rings (SSSR count). The number of aliphatic hydroxyl groups excluding tert-OH is 1. The Hall–Kier alpha value is -0.580. The Morgan fingerprint density at radius 1 is 1.35 bits per heavy atom. The topological polar surface area (TPSA) is 41.3 Å². The highest BCUT2D eigenvalue weighted by atomic mass is 35.5. The van der Waals surface area contributed by atoms with Crippen LogP contribution in [0.15, 0.2) is 0 Å². The first-order valence-corrected chi connectivity index (χ1v) is 8.11. The molecule has 1 aromatic rings. The van der Waals surface area contributed by atoms with E-state index in [1.807, 2.05) is 11.6 Å². The average molecular weight is 300 g/mol. The van der Waals surface area contributed by atoms with Gasteiger partial charge in [0.15, 0.2) is 0 Å². The van der Waals surface area contributed by atoms with Crippen molar-refractivity contribution in [3.63, 3.8) is 0 Å². The van der Waals surface area contributed by atoms with Gasteiger partial charge in [0, 0.05) is 25.7 Å². The van der Waals surface area contributed by atoms with Gasteiger partial charge in [-0.25, -0.2) is 0 Å². The molecule has 1 aromatic heterocycles. The summed E-state index contributed by atoms with van der Waals surface area (Å²) >= 11 is 6.40. The summed E-state index contributed by atoms with van der Waals surface area (Å²) in [6, 6.07) is 0.576. The first kappa shape index (κ1) is 15.8. The van der Waals surface area contributed by atoms with E-state index in [9.17, 15) is 5.11 Å². The molecule has 1 fully saturated rings. The van der Waals surface area contributed by atoms with E-state index in [1.165, 1.54) is 32.1 Å². The summed E-state index contributed by atoms with van der Waals surface area (Å²) in [7, 11) is 0. The second-order valence-corrected chi connectivity index (χ2v) is 6.03.